The van der Waals surface area contributed by atoms with Crippen LogP contribution in [0.4, 0.5) is 16.7 Å². The van der Waals surface area contributed by atoms with Crippen molar-refractivity contribution >= 4 is 35.6 Å². The number of imide groups is 1. The van der Waals surface area contributed by atoms with Crippen LogP contribution in [0.15, 0.2) is 36.2 Å². The molecule has 3 aliphatic rings. The summed E-state index contributed by atoms with van der Waals surface area (Å²) in [5, 5.41) is 12.5. The van der Waals surface area contributed by atoms with Crippen molar-refractivity contribution in [2.45, 2.75) is 32.0 Å². The fraction of sp³-hybridized carbons (Fsp3) is 0.250. The Bertz CT molecular complexity index is 1220. The molecular formula is C20H18N8O2. The van der Waals surface area contributed by atoms with Gasteiger partial charge >= 0.3 is 6.03 Å². The fourth-order valence-electron chi connectivity index (χ4n) is 3.74. The summed E-state index contributed by atoms with van der Waals surface area (Å²) in [7, 11) is 0. The van der Waals surface area contributed by atoms with Crippen molar-refractivity contribution < 1.29 is 9.59 Å². The van der Waals surface area contributed by atoms with E-state index in [1.165, 1.54) is 11.1 Å². The van der Waals surface area contributed by atoms with E-state index in [0.717, 1.165) is 25.9 Å². The second-order valence-corrected chi connectivity index (χ2v) is 7.69. The van der Waals surface area contributed by atoms with E-state index < -0.39 is 11.9 Å². The molecule has 1 aromatic carbocycles. The van der Waals surface area contributed by atoms with Gasteiger partial charge in [-0.3, -0.25) is 10.1 Å². The van der Waals surface area contributed by atoms with Crippen LogP contribution in [-0.4, -0.2) is 37.6 Å². The zero-order chi connectivity index (χ0) is 20.2. The number of carbonyl (C=O) groups is 2. The molecule has 1 aliphatic carbocycles. The quantitative estimate of drug-likeness (QED) is 0.446. The van der Waals surface area contributed by atoms with Crippen molar-refractivity contribution in [2.24, 2.45) is 0 Å². The molecule has 2 fully saturated rings. The summed E-state index contributed by atoms with van der Waals surface area (Å²) in [6.07, 6.45) is 5.40. The Morgan fingerprint density at radius 1 is 1.07 bits per heavy atom. The number of aromatic nitrogens is 4. The summed E-state index contributed by atoms with van der Waals surface area (Å²) in [6.45, 7) is 1.47. The third-order valence-corrected chi connectivity index (χ3v) is 5.44. The van der Waals surface area contributed by atoms with Crippen molar-refractivity contribution in [2.75, 3.05) is 10.2 Å². The van der Waals surface area contributed by atoms with Gasteiger partial charge in [0.15, 0.2) is 5.65 Å². The van der Waals surface area contributed by atoms with Gasteiger partial charge in [-0.05, 0) is 30.0 Å². The van der Waals surface area contributed by atoms with Crippen LogP contribution in [0.5, 0.6) is 0 Å². The summed E-state index contributed by atoms with van der Waals surface area (Å²) in [4.78, 5) is 35.0. The van der Waals surface area contributed by atoms with Gasteiger partial charge in [-0.25, -0.2) is 4.79 Å². The first-order valence-electron chi connectivity index (χ1n) is 9.82. The zero-order valence-electron chi connectivity index (χ0n) is 15.9. The molecule has 3 aromatic rings. The molecular weight excluding hydrogens is 384 g/mol. The first kappa shape index (κ1) is 17.0. The van der Waals surface area contributed by atoms with E-state index in [9.17, 15) is 9.59 Å². The second kappa shape index (κ2) is 6.28. The average Bonchev–Trinajstić information content (AvgIpc) is 3.16. The molecule has 150 valence electrons. The number of hydrogen-bond donors (Lipinski definition) is 3. The molecule has 1 saturated heterocycles. The second-order valence-electron chi connectivity index (χ2n) is 7.69. The highest BCUT2D eigenvalue weighted by Crippen LogP contribution is 2.30. The molecule has 4 heterocycles. The number of amides is 3. The minimum Gasteiger partial charge on any atom is -0.351 e. The lowest BCUT2D eigenvalue weighted by molar-refractivity contribution is -0.115. The Morgan fingerprint density at radius 2 is 1.83 bits per heavy atom. The highest BCUT2D eigenvalue weighted by atomic mass is 16.2. The highest BCUT2D eigenvalue weighted by Gasteiger charge is 2.28. The Morgan fingerprint density at radius 3 is 2.50 bits per heavy atom. The van der Waals surface area contributed by atoms with Crippen LogP contribution in [0.1, 0.15) is 29.5 Å². The summed E-state index contributed by atoms with van der Waals surface area (Å²) in [6, 6.07) is 8.16. The van der Waals surface area contributed by atoms with Crippen molar-refractivity contribution in [1.29, 1.82) is 0 Å². The van der Waals surface area contributed by atoms with Gasteiger partial charge < -0.3 is 15.5 Å². The number of carbonyl (C=O) groups excluding carboxylic acids is 2. The summed E-state index contributed by atoms with van der Waals surface area (Å²) >= 11 is 0. The van der Waals surface area contributed by atoms with Crippen LogP contribution in [0.2, 0.25) is 0 Å². The van der Waals surface area contributed by atoms with Gasteiger partial charge in [-0.1, -0.05) is 24.3 Å². The predicted molar refractivity (Wildman–Crippen MR) is 108 cm³/mol. The number of fused-ring (bicyclic) bond motifs is 2. The van der Waals surface area contributed by atoms with E-state index in [2.05, 4.69) is 38.1 Å². The summed E-state index contributed by atoms with van der Waals surface area (Å²) in [5.74, 6) is 0.750. The monoisotopic (exact) mass is 402 g/mol. The molecule has 10 nitrogen and oxygen atoms in total. The Hall–Kier alpha value is -3.95. The van der Waals surface area contributed by atoms with Crippen molar-refractivity contribution in [3.05, 3.63) is 52.8 Å². The normalized spacial score (nSPS) is 19.3. The number of benzene rings is 1. The standard InChI is InChI=1S/C20H18N8O2/c29-17-15(23-20(30)25-17)7-13-8-21-28-16(13)24-18(26-19(28)22-14-5-6-14)27-9-11-3-1-2-4-12(11)10-27/h1-4,7-8,14H,5-6,9-10H2,(H,22,24,26)(H2,23,25,29,30)/b15-7-. The molecule has 6 rings (SSSR count). The highest BCUT2D eigenvalue weighted by molar-refractivity contribution is 6.14. The number of nitrogens with zero attached hydrogens (tertiary/aromatic N) is 5. The number of nitrogens with one attached hydrogen (secondary N) is 3. The maximum absolute atomic E-state index is 11.9. The van der Waals surface area contributed by atoms with Crippen LogP contribution in [-0.2, 0) is 17.9 Å². The number of urea groups is 1. The number of rotatable bonds is 4. The van der Waals surface area contributed by atoms with Gasteiger partial charge in [-0.15, -0.1) is 0 Å². The van der Waals surface area contributed by atoms with E-state index in [4.69, 9.17) is 9.97 Å². The van der Waals surface area contributed by atoms with Crippen LogP contribution >= 0.6 is 0 Å². The molecule has 30 heavy (non-hydrogen) atoms. The van der Waals surface area contributed by atoms with Crippen molar-refractivity contribution in [3.8, 4) is 0 Å². The summed E-state index contributed by atoms with van der Waals surface area (Å²) in [5.41, 5.74) is 3.89. The molecule has 10 heteroatoms. The zero-order valence-corrected chi connectivity index (χ0v) is 15.9. The van der Waals surface area contributed by atoms with Gasteiger partial charge in [0.1, 0.15) is 5.70 Å². The first-order chi connectivity index (χ1) is 14.6. The largest absolute Gasteiger partial charge is 0.351 e. The van der Waals surface area contributed by atoms with Crippen molar-refractivity contribution in [3.63, 3.8) is 0 Å². The molecule has 3 N–H and O–H groups in total. The molecule has 2 aliphatic heterocycles. The SMILES string of the molecule is O=C1NC(=O)/C(=C/c2cnn3c(NC4CC4)nc(N4Cc5ccccc5C4)nc23)N1. The maximum Gasteiger partial charge on any atom is 0.326 e. The van der Waals surface area contributed by atoms with Gasteiger partial charge in [0, 0.05) is 24.7 Å². The van der Waals surface area contributed by atoms with Crippen LogP contribution < -0.4 is 20.9 Å². The Balaban J connectivity index is 1.43. The lowest BCUT2D eigenvalue weighted by Crippen LogP contribution is -2.22. The van der Waals surface area contributed by atoms with Gasteiger partial charge in [0.25, 0.3) is 5.91 Å². The average molecular weight is 402 g/mol. The smallest absolute Gasteiger partial charge is 0.326 e. The molecule has 0 spiro atoms. The van der Waals surface area contributed by atoms with E-state index in [1.54, 1.807) is 16.8 Å². The molecule has 1 saturated carbocycles. The molecule has 3 amide bonds. The first-order valence-corrected chi connectivity index (χ1v) is 9.82. The molecule has 0 bridgehead atoms. The van der Waals surface area contributed by atoms with E-state index in [-0.39, 0.29) is 5.70 Å². The summed E-state index contributed by atoms with van der Waals surface area (Å²) < 4.78 is 1.64. The Labute approximate surface area is 171 Å². The van der Waals surface area contributed by atoms with Gasteiger partial charge in [0.05, 0.1) is 6.20 Å². The third kappa shape index (κ3) is 2.84. The van der Waals surface area contributed by atoms with Gasteiger partial charge in [-0.2, -0.15) is 19.6 Å². The predicted octanol–water partition coefficient (Wildman–Crippen LogP) is 1.40. The van der Waals surface area contributed by atoms with Crippen LogP contribution in [0.3, 0.4) is 0 Å². The minimum atomic E-state index is -0.538. The Kier molecular flexibility index (Phi) is 3.55. The van der Waals surface area contributed by atoms with Crippen LogP contribution in [0.25, 0.3) is 11.7 Å². The lowest BCUT2D eigenvalue weighted by Gasteiger charge is -2.17. The topological polar surface area (TPSA) is 117 Å². The molecule has 2 aromatic heterocycles. The van der Waals surface area contributed by atoms with Crippen LogP contribution in [0, 0.1) is 0 Å². The van der Waals surface area contributed by atoms with E-state index in [0.29, 0.717) is 29.1 Å². The van der Waals surface area contributed by atoms with Crippen molar-refractivity contribution in [1.82, 2.24) is 30.2 Å². The van der Waals surface area contributed by atoms with Gasteiger partial charge in [0.2, 0.25) is 11.9 Å². The third-order valence-electron chi connectivity index (χ3n) is 5.44. The fourth-order valence-corrected chi connectivity index (χ4v) is 3.74. The maximum atomic E-state index is 11.9. The molecule has 0 radical (unpaired) electrons. The van der Waals surface area contributed by atoms with E-state index >= 15 is 0 Å². The number of anilines is 2. The number of hydrogen-bond acceptors (Lipinski definition) is 7. The lowest BCUT2D eigenvalue weighted by atomic mass is 10.1. The van der Waals surface area contributed by atoms with E-state index in [1.807, 2.05) is 12.1 Å². The molecule has 0 unspecified atom stereocenters. The minimum absolute atomic E-state index is 0.167. The molecule has 0 atom stereocenters.